The number of esters is 1. The van der Waals surface area contributed by atoms with E-state index in [1.54, 1.807) is 49.4 Å². The van der Waals surface area contributed by atoms with E-state index in [0.29, 0.717) is 23.3 Å². The van der Waals surface area contributed by atoms with Crippen LogP contribution >= 0.6 is 0 Å². The Morgan fingerprint density at radius 1 is 1.00 bits per heavy atom. The smallest absolute Gasteiger partial charge is 0.306 e. The van der Waals surface area contributed by atoms with Gasteiger partial charge in [-0.1, -0.05) is 42.5 Å². The first-order valence-corrected chi connectivity index (χ1v) is 7.15. The van der Waals surface area contributed by atoms with E-state index in [-0.39, 0.29) is 30.4 Å². The van der Waals surface area contributed by atoms with E-state index in [2.05, 4.69) is 0 Å². The Morgan fingerprint density at radius 2 is 1.68 bits per heavy atom. The lowest BCUT2D eigenvalue weighted by Gasteiger charge is -2.05. The monoisotopic (exact) mass is 300 g/mol. The van der Waals surface area contributed by atoms with Gasteiger partial charge in [0.05, 0.1) is 13.0 Å². The van der Waals surface area contributed by atoms with E-state index in [9.17, 15) is 14.0 Å². The minimum atomic E-state index is -0.376. The van der Waals surface area contributed by atoms with Crippen LogP contribution in [0.25, 0.3) is 11.1 Å². The summed E-state index contributed by atoms with van der Waals surface area (Å²) in [5, 5.41) is 0. The molecule has 0 saturated carbocycles. The molecule has 0 radical (unpaired) electrons. The first kappa shape index (κ1) is 15.9. The van der Waals surface area contributed by atoms with Crippen LogP contribution in [0.4, 0.5) is 4.39 Å². The molecule has 2 aromatic rings. The van der Waals surface area contributed by atoms with Crippen LogP contribution in [0.1, 0.15) is 30.1 Å². The number of hydrogen-bond donors (Lipinski definition) is 0. The predicted molar refractivity (Wildman–Crippen MR) is 82.0 cm³/mol. The van der Waals surface area contributed by atoms with Crippen molar-refractivity contribution >= 4 is 11.8 Å². The summed E-state index contributed by atoms with van der Waals surface area (Å²) in [4.78, 5) is 23.2. The summed E-state index contributed by atoms with van der Waals surface area (Å²) in [5.41, 5.74) is 1.71. The van der Waals surface area contributed by atoms with Crippen LogP contribution in [-0.2, 0) is 9.53 Å². The van der Waals surface area contributed by atoms with Crippen molar-refractivity contribution in [1.29, 1.82) is 0 Å². The summed E-state index contributed by atoms with van der Waals surface area (Å²) in [7, 11) is 0. The Bertz CT molecular complexity index is 662. The molecular weight excluding hydrogens is 283 g/mol. The third-order valence-electron chi connectivity index (χ3n) is 3.25. The van der Waals surface area contributed by atoms with Gasteiger partial charge in [0.1, 0.15) is 5.82 Å². The van der Waals surface area contributed by atoms with Gasteiger partial charge < -0.3 is 4.74 Å². The largest absolute Gasteiger partial charge is 0.466 e. The lowest BCUT2D eigenvalue weighted by molar-refractivity contribution is -0.143. The van der Waals surface area contributed by atoms with Crippen molar-refractivity contribution < 1.29 is 18.7 Å². The zero-order valence-corrected chi connectivity index (χ0v) is 12.3. The number of rotatable bonds is 6. The summed E-state index contributed by atoms with van der Waals surface area (Å²) in [5.74, 6) is -0.809. The third kappa shape index (κ3) is 4.01. The van der Waals surface area contributed by atoms with Gasteiger partial charge in [0, 0.05) is 17.5 Å². The Balaban J connectivity index is 2.04. The molecule has 0 fully saturated rings. The molecule has 0 aliphatic heterocycles. The Hall–Kier alpha value is -2.49. The topological polar surface area (TPSA) is 43.4 Å². The van der Waals surface area contributed by atoms with Gasteiger partial charge in [-0.3, -0.25) is 9.59 Å². The number of carbonyl (C=O) groups excluding carboxylic acids is 2. The van der Waals surface area contributed by atoms with Crippen LogP contribution in [0.2, 0.25) is 0 Å². The highest BCUT2D eigenvalue weighted by Gasteiger charge is 2.11. The van der Waals surface area contributed by atoms with E-state index < -0.39 is 0 Å². The average molecular weight is 300 g/mol. The maximum absolute atomic E-state index is 13.7. The maximum atomic E-state index is 13.7. The molecule has 0 aliphatic carbocycles. The third-order valence-corrected chi connectivity index (χ3v) is 3.25. The quantitative estimate of drug-likeness (QED) is 0.598. The standard InChI is InChI=1S/C18H17FO3/c1-2-22-18(21)12-11-17(20)14-9-7-13(8-10-14)15-5-3-4-6-16(15)19/h3-10H,2,11-12H2,1H3. The molecule has 0 unspecified atom stereocenters. The number of hydrogen-bond acceptors (Lipinski definition) is 3. The van der Waals surface area contributed by atoms with Gasteiger partial charge in [0.2, 0.25) is 0 Å². The van der Waals surface area contributed by atoms with E-state index in [1.807, 2.05) is 0 Å². The van der Waals surface area contributed by atoms with Crippen molar-refractivity contribution in [3.63, 3.8) is 0 Å². The molecule has 0 heterocycles. The highest BCUT2D eigenvalue weighted by Crippen LogP contribution is 2.23. The van der Waals surface area contributed by atoms with E-state index >= 15 is 0 Å². The predicted octanol–water partition coefficient (Wildman–Crippen LogP) is 4.02. The maximum Gasteiger partial charge on any atom is 0.306 e. The summed E-state index contributed by atoms with van der Waals surface area (Å²) >= 11 is 0. The van der Waals surface area contributed by atoms with Crippen LogP contribution in [0.15, 0.2) is 48.5 Å². The normalized spacial score (nSPS) is 10.3. The van der Waals surface area contributed by atoms with Gasteiger partial charge in [-0.05, 0) is 18.6 Å². The first-order chi connectivity index (χ1) is 10.6. The molecular formula is C18H17FO3. The second-order valence-electron chi connectivity index (χ2n) is 4.79. The molecule has 3 nitrogen and oxygen atoms in total. The molecule has 0 bridgehead atoms. The zero-order chi connectivity index (χ0) is 15.9. The summed E-state index contributed by atoms with van der Waals surface area (Å²) in [6, 6.07) is 13.2. The van der Waals surface area contributed by atoms with Gasteiger partial charge in [0.15, 0.2) is 5.78 Å². The number of ketones is 1. The molecule has 0 spiro atoms. The van der Waals surface area contributed by atoms with Crippen LogP contribution in [0.3, 0.4) is 0 Å². The fourth-order valence-electron chi connectivity index (χ4n) is 2.12. The van der Waals surface area contributed by atoms with Crippen molar-refractivity contribution in [1.82, 2.24) is 0 Å². The summed E-state index contributed by atoms with van der Waals surface area (Å²) < 4.78 is 18.5. The van der Waals surface area contributed by atoms with Gasteiger partial charge in [-0.2, -0.15) is 0 Å². The number of benzene rings is 2. The van der Waals surface area contributed by atoms with E-state index in [1.165, 1.54) is 6.07 Å². The van der Waals surface area contributed by atoms with Crippen molar-refractivity contribution in [2.45, 2.75) is 19.8 Å². The fourth-order valence-corrected chi connectivity index (χ4v) is 2.12. The Morgan fingerprint density at radius 3 is 2.32 bits per heavy atom. The SMILES string of the molecule is CCOC(=O)CCC(=O)c1ccc(-c2ccccc2F)cc1. The van der Waals surface area contributed by atoms with E-state index in [4.69, 9.17) is 4.74 Å². The lowest BCUT2D eigenvalue weighted by Crippen LogP contribution is -2.07. The molecule has 0 aromatic heterocycles. The minimum Gasteiger partial charge on any atom is -0.466 e. The van der Waals surface area contributed by atoms with Crippen molar-refractivity contribution in [3.8, 4) is 11.1 Å². The van der Waals surface area contributed by atoms with Crippen molar-refractivity contribution in [2.75, 3.05) is 6.61 Å². The molecule has 22 heavy (non-hydrogen) atoms. The van der Waals surface area contributed by atoms with Crippen LogP contribution < -0.4 is 0 Å². The first-order valence-electron chi connectivity index (χ1n) is 7.15. The molecule has 114 valence electrons. The van der Waals surface area contributed by atoms with Gasteiger partial charge in [-0.15, -0.1) is 0 Å². The molecule has 0 amide bonds. The lowest BCUT2D eigenvalue weighted by atomic mass is 10.0. The second-order valence-corrected chi connectivity index (χ2v) is 4.79. The number of ether oxygens (including phenoxy) is 1. The van der Waals surface area contributed by atoms with Crippen LogP contribution in [0.5, 0.6) is 0 Å². The highest BCUT2D eigenvalue weighted by atomic mass is 19.1. The van der Waals surface area contributed by atoms with Crippen molar-refractivity contribution in [2.24, 2.45) is 0 Å². The van der Waals surface area contributed by atoms with E-state index in [0.717, 1.165) is 0 Å². The van der Waals surface area contributed by atoms with Crippen LogP contribution in [0, 0.1) is 5.82 Å². The van der Waals surface area contributed by atoms with Crippen molar-refractivity contribution in [3.05, 3.63) is 59.9 Å². The minimum absolute atomic E-state index is 0.0712. The fraction of sp³-hybridized carbons (Fsp3) is 0.222. The number of halogens is 1. The van der Waals surface area contributed by atoms with Crippen LogP contribution in [-0.4, -0.2) is 18.4 Å². The molecule has 2 aromatic carbocycles. The van der Waals surface area contributed by atoms with Gasteiger partial charge >= 0.3 is 5.97 Å². The number of Topliss-reactive ketones (excluding diaryl/α,β-unsaturated/α-hetero) is 1. The zero-order valence-electron chi connectivity index (χ0n) is 12.3. The molecule has 0 saturated heterocycles. The highest BCUT2D eigenvalue weighted by molar-refractivity contribution is 5.97. The Kier molecular flexibility index (Phi) is 5.42. The molecule has 0 aliphatic rings. The average Bonchev–Trinajstić information content (AvgIpc) is 2.53. The molecule has 0 atom stereocenters. The second kappa shape index (κ2) is 7.50. The van der Waals surface area contributed by atoms with Gasteiger partial charge in [0.25, 0.3) is 0 Å². The Labute approximate surface area is 128 Å². The molecule has 2 rings (SSSR count). The molecule has 0 N–H and O–H groups in total. The summed E-state index contributed by atoms with van der Waals surface area (Å²) in [6.45, 7) is 2.03. The summed E-state index contributed by atoms with van der Waals surface area (Å²) in [6.07, 6.45) is 0.180. The molecule has 4 heteroatoms. The number of carbonyl (C=O) groups is 2. The van der Waals surface area contributed by atoms with Gasteiger partial charge in [-0.25, -0.2) is 4.39 Å².